The van der Waals surface area contributed by atoms with E-state index >= 15 is 0 Å². The summed E-state index contributed by atoms with van der Waals surface area (Å²) in [5.74, 6) is -0.742. The molecule has 0 aromatic carbocycles. The zero-order chi connectivity index (χ0) is 12.8. The molecule has 4 heteroatoms. The molecule has 1 aromatic rings. The number of hydrogen-bond acceptors (Lipinski definition) is 3. The highest BCUT2D eigenvalue weighted by molar-refractivity contribution is 5.67. The minimum atomic E-state index is -0.742. The van der Waals surface area contributed by atoms with Crippen molar-refractivity contribution in [1.82, 2.24) is 9.88 Å². The van der Waals surface area contributed by atoms with Crippen molar-refractivity contribution in [3.05, 3.63) is 30.1 Å². The van der Waals surface area contributed by atoms with Gasteiger partial charge in [-0.2, -0.15) is 0 Å². The van der Waals surface area contributed by atoms with E-state index in [9.17, 15) is 4.79 Å². The SMILES string of the molecule is O=C(O)CC(c1cccnc1)N1CCCCCC1. The lowest BCUT2D eigenvalue weighted by molar-refractivity contribution is -0.138. The molecule has 0 bridgehead atoms. The highest BCUT2D eigenvalue weighted by Gasteiger charge is 2.23. The molecule has 4 nitrogen and oxygen atoms in total. The number of aliphatic carboxylic acids is 1. The minimum absolute atomic E-state index is 0.0331. The van der Waals surface area contributed by atoms with E-state index in [1.165, 1.54) is 12.8 Å². The molecule has 0 saturated carbocycles. The third-order valence-electron chi connectivity index (χ3n) is 3.52. The Bertz CT molecular complexity index is 373. The number of hydrogen-bond donors (Lipinski definition) is 1. The number of carboxylic acid groups (broad SMARTS) is 1. The fraction of sp³-hybridized carbons (Fsp3) is 0.571. The smallest absolute Gasteiger partial charge is 0.305 e. The second-order valence-corrected chi connectivity index (χ2v) is 4.85. The van der Waals surface area contributed by atoms with Crippen LogP contribution in [0.3, 0.4) is 0 Å². The Balaban J connectivity index is 2.15. The molecule has 0 radical (unpaired) electrons. The average molecular weight is 248 g/mol. The molecule has 1 N–H and O–H groups in total. The molecule has 2 heterocycles. The van der Waals surface area contributed by atoms with Gasteiger partial charge in [0.1, 0.15) is 0 Å². The summed E-state index contributed by atoms with van der Waals surface area (Å²) < 4.78 is 0. The molecular formula is C14H20N2O2. The van der Waals surface area contributed by atoms with E-state index in [4.69, 9.17) is 5.11 Å². The van der Waals surface area contributed by atoms with Gasteiger partial charge in [0.15, 0.2) is 0 Å². The molecule has 0 spiro atoms. The third kappa shape index (κ3) is 3.53. The minimum Gasteiger partial charge on any atom is -0.481 e. The highest BCUT2D eigenvalue weighted by Crippen LogP contribution is 2.26. The molecule has 1 aromatic heterocycles. The third-order valence-corrected chi connectivity index (χ3v) is 3.52. The number of pyridine rings is 1. The standard InChI is InChI=1S/C14H20N2O2/c17-14(18)10-13(12-6-5-7-15-11-12)16-8-3-1-2-4-9-16/h5-7,11,13H,1-4,8-10H2,(H,17,18). The Morgan fingerprint density at radius 2 is 2.06 bits per heavy atom. The summed E-state index contributed by atoms with van der Waals surface area (Å²) in [4.78, 5) is 17.5. The fourth-order valence-corrected chi connectivity index (χ4v) is 2.60. The van der Waals surface area contributed by atoms with Crippen LogP contribution in [0.5, 0.6) is 0 Å². The van der Waals surface area contributed by atoms with Gasteiger partial charge in [0.05, 0.1) is 6.42 Å². The Hall–Kier alpha value is -1.42. The zero-order valence-corrected chi connectivity index (χ0v) is 10.6. The second kappa shape index (κ2) is 6.50. The monoisotopic (exact) mass is 248 g/mol. The van der Waals surface area contributed by atoms with E-state index < -0.39 is 5.97 Å². The predicted molar refractivity (Wildman–Crippen MR) is 69.3 cm³/mol. The van der Waals surface area contributed by atoms with E-state index in [0.29, 0.717) is 0 Å². The summed E-state index contributed by atoms with van der Waals surface area (Å²) in [5.41, 5.74) is 1.02. The molecular weight excluding hydrogens is 228 g/mol. The normalized spacial score (nSPS) is 19.1. The van der Waals surface area contributed by atoms with Crippen LogP contribution in [0.15, 0.2) is 24.5 Å². The van der Waals surface area contributed by atoms with Crippen molar-refractivity contribution < 1.29 is 9.90 Å². The predicted octanol–water partition coefficient (Wildman–Crippen LogP) is 2.47. The highest BCUT2D eigenvalue weighted by atomic mass is 16.4. The van der Waals surface area contributed by atoms with Gasteiger partial charge in [0, 0.05) is 18.4 Å². The number of aromatic nitrogens is 1. The van der Waals surface area contributed by atoms with Gasteiger partial charge in [-0.25, -0.2) is 0 Å². The van der Waals surface area contributed by atoms with Gasteiger partial charge < -0.3 is 5.11 Å². The summed E-state index contributed by atoms with van der Waals surface area (Å²) in [5, 5.41) is 9.10. The molecule has 1 aliphatic rings. The van der Waals surface area contributed by atoms with Gasteiger partial charge >= 0.3 is 5.97 Å². The molecule has 1 aliphatic heterocycles. The molecule has 18 heavy (non-hydrogen) atoms. The van der Waals surface area contributed by atoms with Crippen molar-refractivity contribution in [1.29, 1.82) is 0 Å². The molecule has 98 valence electrons. The molecule has 1 unspecified atom stereocenters. The van der Waals surface area contributed by atoms with Crippen LogP contribution in [0, 0.1) is 0 Å². The van der Waals surface area contributed by atoms with Gasteiger partial charge in [-0.15, -0.1) is 0 Å². The lowest BCUT2D eigenvalue weighted by Crippen LogP contribution is -2.31. The Morgan fingerprint density at radius 1 is 1.33 bits per heavy atom. The van der Waals surface area contributed by atoms with Crippen LogP contribution in [-0.4, -0.2) is 34.0 Å². The Morgan fingerprint density at radius 3 is 2.61 bits per heavy atom. The molecule has 2 rings (SSSR count). The molecule has 1 fully saturated rings. The van der Waals surface area contributed by atoms with Crippen molar-refractivity contribution >= 4 is 5.97 Å². The molecule has 0 amide bonds. The van der Waals surface area contributed by atoms with Crippen molar-refractivity contribution in [2.45, 2.75) is 38.1 Å². The number of likely N-dealkylation sites (tertiary alicyclic amines) is 1. The van der Waals surface area contributed by atoms with Crippen LogP contribution < -0.4 is 0 Å². The summed E-state index contributed by atoms with van der Waals surface area (Å²) >= 11 is 0. The van der Waals surface area contributed by atoms with Crippen LogP contribution in [0.2, 0.25) is 0 Å². The number of rotatable bonds is 4. The van der Waals surface area contributed by atoms with Crippen LogP contribution in [-0.2, 0) is 4.79 Å². The summed E-state index contributed by atoms with van der Waals surface area (Å²) in [6, 6.07) is 3.82. The van der Waals surface area contributed by atoms with Crippen molar-refractivity contribution in [2.75, 3.05) is 13.1 Å². The first-order valence-electron chi connectivity index (χ1n) is 6.63. The second-order valence-electron chi connectivity index (χ2n) is 4.85. The van der Waals surface area contributed by atoms with Crippen LogP contribution in [0.4, 0.5) is 0 Å². The summed E-state index contributed by atoms with van der Waals surface area (Å²) in [6.07, 6.45) is 8.51. The van der Waals surface area contributed by atoms with Crippen molar-refractivity contribution in [2.24, 2.45) is 0 Å². The Labute approximate surface area is 108 Å². The maximum absolute atomic E-state index is 11.1. The van der Waals surface area contributed by atoms with E-state index in [-0.39, 0.29) is 12.5 Å². The van der Waals surface area contributed by atoms with E-state index in [2.05, 4.69) is 9.88 Å². The van der Waals surface area contributed by atoms with E-state index in [0.717, 1.165) is 31.5 Å². The Kier molecular flexibility index (Phi) is 4.70. The first-order valence-corrected chi connectivity index (χ1v) is 6.63. The van der Waals surface area contributed by atoms with Crippen molar-refractivity contribution in [3.8, 4) is 0 Å². The van der Waals surface area contributed by atoms with Gasteiger partial charge in [0.2, 0.25) is 0 Å². The fourth-order valence-electron chi connectivity index (χ4n) is 2.60. The molecule has 1 saturated heterocycles. The number of carboxylic acids is 1. The van der Waals surface area contributed by atoms with Crippen LogP contribution in [0.25, 0.3) is 0 Å². The van der Waals surface area contributed by atoms with Gasteiger partial charge in [-0.1, -0.05) is 18.9 Å². The zero-order valence-electron chi connectivity index (χ0n) is 10.6. The molecule has 0 aliphatic carbocycles. The largest absolute Gasteiger partial charge is 0.481 e. The summed E-state index contributed by atoms with van der Waals surface area (Å²) in [7, 11) is 0. The van der Waals surface area contributed by atoms with E-state index in [1.54, 1.807) is 12.4 Å². The first kappa shape index (κ1) is 13.0. The maximum atomic E-state index is 11.1. The number of nitrogens with zero attached hydrogens (tertiary/aromatic N) is 2. The van der Waals surface area contributed by atoms with Crippen molar-refractivity contribution in [3.63, 3.8) is 0 Å². The topological polar surface area (TPSA) is 53.4 Å². The lowest BCUT2D eigenvalue weighted by Gasteiger charge is -2.29. The van der Waals surface area contributed by atoms with Crippen LogP contribution in [0.1, 0.15) is 43.7 Å². The summed E-state index contributed by atoms with van der Waals surface area (Å²) in [6.45, 7) is 1.99. The van der Waals surface area contributed by atoms with Gasteiger partial charge in [-0.05, 0) is 37.6 Å². The van der Waals surface area contributed by atoms with E-state index in [1.807, 2.05) is 12.1 Å². The van der Waals surface area contributed by atoms with Crippen LogP contribution >= 0.6 is 0 Å². The molecule has 1 atom stereocenters. The first-order chi connectivity index (χ1) is 8.77. The lowest BCUT2D eigenvalue weighted by atomic mass is 10.0. The quantitative estimate of drug-likeness (QED) is 0.889. The number of carbonyl (C=O) groups is 1. The van der Waals surface area contributed by atoms with Gasteiger partial charge in [-0.3, -0.25) is 14.7 Å². The average Bonchev–Trinajstić information content (AvgIpc) is 2.65. The maximum Gasteiger partial charge on any atom is 0.305 e. The van der Waals surface area contributed by atoms with Gasteiger partial charge in [0.25, 0.3) is 0 Å².